The Morgan fingerprint density at radius 1 is 0.930 bits per heavy atom. The van der Waals surface area contributed by atoms with Crippen molar-refractivity contribution in [2.24, 2.45) is 17.6 Å². The van der Waals surface area contributed by atoms with Crippen LogP contribution in [-0.2, 0) is 14.3 Å². The molecule has 0 saturated carbocycles. The van der Waals surface area contributed by atoms with Crippen molar-refractivity contribution in [2.75, 3.05) is 19.7 Å². The Morgan fingerprint density at radius 3 is 2.23 bits per heavy atom. The number of hydrogen-bond donors (Lipinski definition) is 3. The highest BCUT2D eigenvalue weighted by Crippen LogP contribution is 2.46. The Hall–Kier alpha value is -4.74. The van der Waals surface area contributed by atoms with Crippen molar-refractivity contribution in [2.45, 2.75) is 123 Å². The maximum atomic E-state index is 13.4. The fourth-order valence-electron chi connectivity index (χ4n) is 9.36. The van der Waals surface area contributed by atoms with Gasteiger partial charge in [0.05, 0.1) is 66.6 Å². The summed E-state index contributed by atoms with van der Waals surface area (Å²) < 4.78 is 12.6. The second-order valence-corrected chi connectivity index (χ2v) is 18.1. The molecule has 0 spiro atoms. The van der Waals surface area contributed by atoms with Crippen LogP contribution in [0.5, 0.6) is 5.75 Å². The van der Waals surface area contributed by atoms with E-state index < -0.39 is 6.04 Å². The van der Waals surface area contributed by atoms with Crippen LogP contribution in [0.1, 0.15) is 133 Å². The molecule has 2 amide bonds. The highest BCUT2D eigenvalue weighted by atomic mass is 16.5. The summed E-state index contributed by atoms with van der Waals surface area (Å²) in [5.41, 5.74) is 14.8. The summed E-state index contributed by atoms with van der Waals surface area (Å²) in [4.78, 5) is 47.2. The highest BCUT2D eigenvalue weighted by Gasteiger charge is 2.36. The van der Waals surface area contributed by atoms with Crippen LogP contribution in [0.25, 0.3) is 34.2 Å². The number of likely N-dealkylation sites (tertiary alicyclic amines) is 2. The van der Waals surface area contributed by atoms with Gasteiger partial charge < -0.3 is 35.0 Å². The summed E-state index contributed by atoms with van der Waals surface area (Å²) in [6.45, 7) is 16.4. The molecule has 11 heteroatoms. The lowest BCUT2D eigenvalue weighted by atomic mass is 9.84. The quantitative estimate of drug-likeness (QED) is 0.155. The Kier molecular flexibility index (Phi) is 10.7. The van der Waals surface area contributed by atoms with Crippen molar-refractivity contribution in [3.8, 4) is 28.3 Å². The number of ether oxygens (including phenoxy) is 2. The number of carbonyl (C=O) groups is 2. The van der Waals surface area contributed by atoms with Gasteiger partial charge in [-0.1, -0.05) is 51.1 Å². The lowest BCUT2D eigenvalue weighted by molar-refractivity contribution is -0.138. The average Bonchev–Trinajstić information content (AvgIpc) is 3.99. The van der Waals surface area contributed by atoms with Gasteiger partial charge in [-0.05, 0) is 100 Å². The van der Waals surface area contributed by atoms with Gasteiger partial charge in [-0.25, -0.2) is 9.97 Å². The van der Waals surface area contributed by atoms with E-state index in [1.54, 1.807) is 0 Å². The number of rotatable bonds is 9. The number of aromatic nitrogens is 4. The number of nitrogens with two attached hydrogens (primary N) is 1. The van der Waals surface area contributed by atoms with E-state index in [-0.39, 0.29) is 41.5 Å². The van der Waals surface area contributed by atoms with Crippen molar-refractivity contribution < 1.29 is 19.1 Å². The van der Waals surface area contributed by atoms with Crippen LogP contribution in [-0.4, -0.2) is 79.0 Å². The number of allylic oxidation sites excluding steroid dienone is 1. The first-order valence-corrected chi connectivity index (χ1v) is 21.0. The Bertz CT molecular complexity index is 2160. The van der Waals surface area contributed by atoms with Crippen molar-refractivity contribution in [3.05, 3.63) is 77.1 Å². The van der Waals surface area contributed by atoms with E-state index in [2.05, 4.69) is 59.4 Å². The molecule has 6 atom stereocenters. The average molecular weight is 774 g/mol. The smallest absolute Gasteiger partial charge is 0.240 e. The zero-order chi connectivity index (χ0) is 40.2. The van der Waals surface area contributed by atoms with Gasteiger partial charge in [-0.3, -0.25) is 9.59 Å². The molecule has 0 radical (unpaired) electrons. The largest absolute Gasteiger partial charge is 0.493 e. The van der Waals surface area contributed by atoms with Gasteiger partial charge in [-0.2, -0.15) is 0 Å². The number of aromatic amines is 2. The van der Waals surface area contributed by atoms with Crippen LogP contribution < -0.4 is 10.5 Å². The van der Waals surface area contributed by atoms with Crippen molar-refractivity contribution in [1.82, 2.24) is 29.7 Å². The fraction of sp³-hybridized carbons (Fsp3) is 0.522. The van der Waals surface area contributed by atoms with E-state index in [1.165, 1.54) is 16.7 Å². The van der Waals surface area contributed by atoms with Gasteiger partial charge in [-0.15, -0.1) is 0 Å². The minimum Gasteiger partial charge on any atom is -0.493 e. The van der Waals surface area contributed by atoms with Gasteiger partial charge >= 0.3 is 0 Å². The molecular formula is C46H59N7O4. The van der Waals surface area contributed by atoms with Crippen LogP contribution in [0.3, 0.4) is 0 Å². The molecular weight excluding hydrogens is 715 g/mol. The topological polar surface area (TPSA) is 142 Å². The zero-order valence-corrected chi connectivity index (χ0v) is 34.6. The molecule has 5 heterocycles. The van der Waals surface area contributed by atoms with Crippen LogP contribution >= 0.6 is 0 Å². The fourth-order valence-corrected chi connectivity index (χ4v) is 9.36. The van der Waals surface area contributed by atoms with Crippen LogP contribution in [0.15, 0.2) is 48.8 Å². The molecule has 4 N–H and O–H groups in total. The summed E-state index contributed by atoms with van der Waals surface area (Å²) >= 11 is 0. The number of imidazole rings is 2. The van der Waals surface area contributed by atoms with Gasteiger partial charge in [0.2, 0.25) is 11.8 Å². The Balaban J connectivity index is 1.02. The SMILES string of the molecule is CC(CC(=O)N1CCCC1c1ncc(-c2ccc3c(c2)OCC2CC3=Cc3cc(-c4cnc(C5CCCN5C(=O)C(N)C(C)C)[nH]4)ccc3C2C)[nH]1)OC(C)(C)C. The predicted molar refractivity (Wildman–Crippen MR) is 223 cm³/mol. The number of H-pyrrole nitrogens is 2. The van der Waals surface area contributed by atoms with E-state index in [4.69, 9.17) is 25.2 Å². The number of nitrogens with one attached hydrogen (secondary N) is 2. The summed E-state index contributed by atoms with van der Waals surface area (Å²) in [5.74, 6) is 3.32. The molecule has 2 fully saturated rings. The van der Waals surface area contributed by atoms with E-state index >= 15 is 0 Å². The second-order valence-electron chi connectivity index (χ2n) is 18.1. The molecule has 57 heavy (non-hydrogen) atoms. The first kappa shape index (κ1) is 39.1. The lowest BCUT2D eigenvalue weighted by Crippen LogP contribution is -2.46. The van der Waals surface area contributed by atoms with E-state index in [9.17, 15) is 9.59 Å². The molecule has 2 bridgehead atoms. The predicted octanol–water partition coefficient (Wildman–Crippen LogP) is 8.43. The first-order valence-electron chi connectivity index (χ1n) is 21.0. The molecule has 302 valence electrons. The van der Waals surface area contributed by atoms with Gasteiger partial charge in [0, 0.05) is 35.7 Å². The summed E-state index contributed by atoms with van der Waals surface area (Å²) in [5, 5.41) is 0. The standard InChI is InChI=1S/C46H59N7O4/c1-26(2)42(47)45(55)53-17-9-11-39(53)44-49-23-36(50-44)29-12-14-34-28(4)33-21-32(20-31(34)19-29)35-15-13-30(22-40(35)56-25-33)37-24-48-43(51-37)38-10-8-16-52(38)41(54)18-27(3)57-46(5,6)7/h12-15,19-20,22-24,26-28,33,38-39,42H,8-11,16-18,21,25,47H2,1-7H3,(H,48,51)(H,49,50). The molecule has 4 aliphatic rings. The molecule has 2 aromatic carbocycles. The number of fused-ring (bicyclic) bond motifs is 5. The third-order valence-electron chi connectivity index (χ3n) is 12.5. The van der Waals surface area contributed by atoms with Crippen LogP contribution in [0, 0.1) is 11.8 Å². The summed E-state index contributed by atoms with van der Waals surface area (Å²) in [6, 6.07) is 12.5. The number of carbonyl (C=O) groups excluding carboxylic acids is 2. The van der Waals surface area contributed by atoms with Crippen LogP contribution in [0.4, 0.5) is 0 Å². The molecule has 2 aromatic heterocycles. The molecule has 8 rings (SSSR count). The van der Waals surface area contributed by atoms with Crippen molar-refractivity contribution >= 4 is 23.5 Å². The second kappa shape index (κ2) is 15.5. The van der Waals surface area contributed by atoms with Gasteiger partial charge in [0.15, 0.2) is 0 Å². The molecule has 4 aromatic rings. The van der Waals surface area contributed by atoms with E-state index in [0.717, 1.165) is 84.1 Å². The summed E-state index contributed by atoms with van der Waals surface area (Å²) in [6.07, 6.45) is 10.9. The molecule has 1 aliphatic carbocycles. The van der Waals surface area contributed by atoms with Crippen molar-refractivity contribution in [1.29, 1.82) is 0 Å². The number of nitrogens with zero attached hydrogens (tertiary/aromatic N) is 4. The third-order valence-corrected chi connectivity index (χ3v) is 12.5. The Labute approximate surface area is 336 Å². The zero-order valence-electron chi connectivity index (χ0n) is 34.6. The van der Waals surface area contributed by atoms with E-state index in [1.807, 2.05) is 63.7 Å². The lowest BCUT2D eigenvalue weighted by Gasteiger charge is -2.28. The molecule has 2 saturated heterocycles. The first-order chi connectivity index (χ1) is 27.2. The summed E-state index contributed by atoms with van der Waals surface area (Å²) in [7, 11) is 0. The van der Waals surface area contributed by atoms with Crippen LogP contribution in [0.2, 0.25) is 0 Å². The van der Waals surface area contributed by atoms with Gasteiger partial charge in [0.25, 0.3) is 0 Å². The normalized spacial score (nSPS) is 23.0. The molecule has 11 nitrogen and oxygen atoms in total. The molecule has 6 unspecified atom stereocenters. The number of benzene rings is 2. The van der Waals surface area contributed by atoms with E-state index in [0.29, 0.717) is 31.4 Å². The minimum absolute atomic E-state index is 0.000705. The molecule has 3 aliphatic heterocycles. The van der Waals surface area contributed by atoms with Gasteiger partial charge in [0.1, 0.15) is 17.4 Å². The maximum absolute atomic E-state index is 13.4. The number of amides is 2. The number of hydrogen-bond acceptors (Lipinski definition) is 7. The highest BCUT2D eigenvalue weighted by molar-refractivity contribution is 5.88. The monoisotopic (exact) mass is 773 g/mol. The van der Waals surface area contributed by atoms with Crippen molar-refractivity contribution in [3.63, 3.8) is 0 Å². The third kappa shape index (κ3) is 7.93. The minimum atomic E-state index is -0.510. The maximum Gasteiger partial charge on any atom is 0.240 e. The Morgan fingerprint density at radius 2 is 1.56 bits per heavy atom.